The van der Waals surface area contributed by atoms with Gasteiger partial charge in [-0.05, 0) is 14.1 Å². The molecule has 1 heterocycles. The molecule has 0 bridgehead atoms. The number of amidine groups is 2. The van der Waals surface area contributed by atoms with Crippen LogP contribution in [0.15, 0.2) is 44.1 Å². The van der Waals surface area contributed by atoms with Gasteiger partial charge in [-0.15, -0.1) is 0 Å². The summed E-state index contributed by atoms with van der Waals surface area (Å²) in [5.41, 5.74) is 0.864. The maximum atomic E-state index is 5.87. The number of rotatable bonds is 2. The van der Waals surface area contributed by atoms with Crippen LogP contribution in [0.5, 0.6) is 0 Å². The van der Waals surface area contributed by atoms with Crippen molar-refractivity contribution >= 4 is 57.5 Å². The van der Waals surface area contributed by atoms with Gasteiger partial charge < -0.3 is 0 Å². The van der Waals surface area contributed by atoms with E-state index < -0.39 is 14.9 Å². The fourth-order valence-corrected chi connectivity index (χ4v) is 2.70. The van der Waals surface area contributed by atoms with Gasteiger partial charge >= 0.3 is 0 Å². The van der Waals surface area contributed by atoms with E-state index in [2.05, 4.69) is 13.8 Å². The molecule has 1 aliphatic rings. The van der Waals surface area contributed by atoms with Gasteiger partial charge in [-0.2, -0.15) is 8.76 Å². The van der Waals surface area contributed by atoms with E-state index in [0.29, 0.717) is 5.84 Å². The third kappa shape index (κ3) is 3.77. The SMILES string of the molecule is CN(C)[S@@]1=NC(C(Cl)(Cl)Cl)=NC(c2ccccc2)=N1. The number of hydrogen-bond acceptors (Lipinski definition) is 4. The summed E-state index contributed by atoms with van der Waals surface area (Å²) in [6.07, 6.45) is 0. The van der Waals surface area contributed by atoms with Crippen LogP contribution in [0.25, 0.3) is 0 Å². The maximum absolute atomic E-state index is 5.87. The second-order valence-electron chi connectivity index (χ2n) is 3.86. The van der Waals surface area contributed by atoms with Crippen molar-refractivity contribution in [1.29, 1.82) is 0 Å². The van der Waals surface area contributed by atoms with Crippen LogP contribution in [0.2, 0.25) is 0 Å². The Balaban J connectivity index is 2.50. The van der Waals surface area contributed by atoms with Crippen LogP contribution in [-0.2, 0) is 11.1 Å². The number of hydrogen-bond donors (Lipinski definition) is 0. The number of halogens is 3. The molecule has 1 atom stereocenters. The van der Waals surface area contributed by atoms with Gasteiger partial charge in [0.2, 0.25) is 0 Å². The van der Waals surface area contributed by atoms with Gasteiger partial charge in [-0.1, -0.05) is 65.1 Å². The number of aliphatic imine (C=N–C) groups is 1. The largest absolute Gasteiger partial charge is 0.250 e. The predicted molar refractivity (Wildman–Crippen MR) is 84.2 cm³/mol. The number of alkyl halides is 3. The standard InChI is InChI=1S/C11H11Cl3N4S/c1-18(2)19-16-9(8-6-4-3-5-7-8)15-10(17-19)11(12,13)14/h3-7H,1-2H3/t19-/m0/s1. The highest BCUT2D eigenvalue weighted by atomic mass is 35.6. The van der Waals surface area contributed by atoms with E-state index in [1.807, 2.05) is 48.7 Å². The van der Waals surface area contributed by atoms with Crippen LogP contribution >= 0.6 is 34.8 Å². The molecule has 0 aliphatic carbocycles. The van der Waals surface area contributed by atoms with Crippen LogP contribution in [0.4, 0.5) is 0 Å². The molecule has 0 N–H and O–H groups in total. The van der Waals surface area contributed by atoms with Crippen molar-refractivity contribution in [1.82, 2.24) is 4.31 Å². The Bertz CT molecular complexity index is 561. The molecule has 2 rings (SSSR count). The van der Waals surface area contributed by atoms with Crippen molar-refractivity contribution in [3.8, 4) is 0 Å². The van der Waals surface area contributed by atoms with Crippen molar-refractivity contribution < 1.29 is 0 Å². The molecule has 0 fully saturated rings. The highest BCUT2D eigenvalue weighted by Crippen LogP contribution is 2.31. The molecule has 0 radical (unpaired) electrons. The van der Waals surface area contributed by atoms with Gasteiger partial charge in [-0.25, -0.2) is 9.30 Å². The summed E-state index contributed by atoms with van der Waals surface area (Å²) < 4.78 is 8.89. The topological polar surface area (TPSA) is 40.3 Å². The highest BCUT2D eigenvalue weighted by molar-refractivity contribution is 7.84. The normalized spacial score (nSPS) is 19.8. The fraction of sp³-hybridized carbons (Fsp3) is 0.273. The molecule has 0 unspecified atom stereocenters. The lowest BCUT2D eigenvalue weighted by Crippen LogP contribution is -2.26. The monoisotopic (exact) mass is 336 g/mol. The van der Waals surface area contributed by atoms with Gasteiger partial charge in [0.25, 0.3) is 3.79 Å². The summed E-state index contributed by atoms with van der Waals surface area (Å²) >= 11 is 16.9. The van der Waals surface area contributed by atoms with Gasteiger partial charge in [-0.3, -0.25) is 0 Å². The van der Waals surface area contributed by atoms with Crippen molar-refractivity contribution in [2.75, 3.05) is 14.1 Å². The molecule has 4 nitrogen and oxygen atoms in total. The quantitative estimate of drug-likeness (QED) is 0.762. The molecular formula is C11H11Cl3N4S. The zero-order chi connectivity index (χ0) is 14.0. The molecule has 0 saturated carbocycles. The molecule has 102 valence electrons. The molecular weight excluding hydrogens is 327 g/mol. The summed E-state index contributed by atoms with van der Waals surface area (Å²) in [5.74, 6) is 0.678. The molecule has 1 aromatic carbocycles. The lowest BCUT2D eigenvalue weighted by molar-refractivity contribution is 0.693. The van der Waals surface area contributed by atoms with E-state index in [-0.39, 0.29) is 5.84 Å². The minimum absolute atomic E-state index is 0.156. The maximum Gasteiger partial charge on any atom is 0.250 e. The van der Waals surface area contributed by atoms with Crippen molar-refractivity contribution in [2.24, 2.45) is 13.8 Å². The van der Waals surface area contributed by atoms with Gasteiger partial charge in [0.1, 0.15) is 11.1 Å². The van der Waals surface area contributed by atoms with Crippen LogP contribution in [0, 0.1) is 0 Å². The van der Waals surface area contributed by atoms with E-state index in [9.17, 15) is 0 Å². The molecule has 0 amide bonds. The second kappa shape index (κ2) is 5.89. The van der Waals surface area contributed by atoms with Gasteiger partial charge in [0, 0.05) is 5.56 Å². The summed E-state index contributed by atoms with van der Waals surface area (Å²) in [4.78, 5) is 4.24. The summed E-state index contributed by atoms with van der Waals surface area (Å²) in [5, 5.41) is 0. The van der Waals surface area contributed by atoms with Gasteiger partial charge in [0.15, 0.2) is 11.7 Å². The zero-order valence-electron chi connectivity index (χ0n) is 10.2. The predicted octanol–water partition coefficient (Wildman–Crippen LogP) is 3.41. The lowest BCUT2D eigenvalue weighted by atomic mass is 10.2. The average Bonchev–Trinajstić information content (AvgIpc) is 2.38. The third-order valence-corrected chi connectivity index (χ3v) is 3.99. The molecule has 1 aliphatic heterocycles. The first kappa shape index (κ1) is 14.9. The highest BCUT2D eigenvalue weighted by Gasteiger charge is 2.31. The number of benzene rings is 1. The molecule has 1 aromatic rings. The first-order valence-electron chi connectivity index (χ1n) is 5.31. The third-order valence-electron chi connectivity index (χ3n) is 2.16. The first-order chi connectivity index (χ1) is 8.88. The Morgan fingerprint density at radius 2 is 1.74 bits per heavy atom. The lowest BCUT2D eigenvalue weighted by Gasteiger charge is -2.19. The van der Waals surface area contributed by atoms with Crippen molar-refractivity contribution in [3.05, 3.63) is 35.9 Å². The Labute approximate surface area is 129 Å². The minimum Gasteiger partial charge on any atom is -0.229 e. The zero-order valence-corrected chi connectivity index (χ0v) is 13.3. The molecule has 0 saturated heterocycles. The fourth-order valence-electron chi connectivity index (χ4n) is 1.30. The number of nitrogens with zero attached hydrogens (tertiary/aromatic N) is 4. The van der Waals surface area contributed by atoms with E-state index in [4.69, 9.17) is 34.8 Å². The van der Waals surface area contributed by atoms with Crippen molar-refractivity contribution in [2.45, 2.75) is 3.79 Å². The van der Waals surface area contributed by atoms with Crippen LogP contribution < -0.4 is 0 Å². The summed E-state index contributed by atoms with van der Waals surface area (Å²) in [6.45, 7) is 0. The Kier molecular flexibility index (Phi) is 4.63. The molecule has 8 heteroatoms. The van der Waals surface area contributed by atoms with Gasteiger partial charge in [0.05, 0.1) is 0 Å². The van der Waals surface area contributed by atoms with Crippen LogP contribution in [-0.4, -0.2) is 33.9 Å². The average molecular weight is 338 g/mol. The summed E-state index contributed by atoms with van der Waals surface area (Å²) in [7, 11) is 3.72. The Hall–Kier alpha value is -0.460. The Morgan fingerprint density at radius 1 is 1.11 bits per heavy atom. The molecule has 19 heavy (non-hydrogen) atoms. The van der Waals surface area contributed by atoms with Crippen LogP contribution in [0.3, 0.4) is 0 Å². The Morgan fingerprint density at radius 3 is 2.26 bits per heavy atom. The minimum atomic E-state index is -1.66. The van der Waals surface area contributed by atoms with Crippen LogP contribution in [0.1, 0.15) is 5.56 Å². The van der Waals surface area contributed by atoms with E-state index in [1.54, 1.807) is 0 Å². The molecule has 0 spiro atoms. The van der Waals surface area contributed by atoms with E-state index >= 15 is 0 Å². The van der Waals surface area contributed by atoms with E-state index in [0.717, 1.165) is 5.56 Å². The van der Waals surface area contributed by atoms with Crippen molar-refractivity contribution in [3.63, 3.8) is 0 Å². The smallest absolute Gasteiger partial charge is 0.229 e. The first-order valence-corrected chi connectivity index (χ1v) is 7.54. The molecule has 0 aromatic heterocycles. The summed E-state index contributed by atoms with van der Waals surface area (Å²) in [6, 6.07) is 9.54. The second-order valence-corrected chi connectivity index (χ2v) is 7.73. The van der Waals surface area contributed by atoms with E-state index in [1.165, 1.54) is 0 Å².